The molecule has 0 unspecified atom stereocenters. The Morgan fingerprint density at radius 3 is 2.35 bits per heavy atom. The van der Waals surface area contributed by atoms with E-state index >= 15 is 0 Å². The van der Waals surface area contributed by atoms with Gasteiger partial charge in [0.15, 0.2) is 0 Å². The summed E-state index contributed by atoms with van der Waals surface area (Å²) in [7, 11) is 5.23. The van der Waals surface area contributed by atoms with Crippen LogP contribution in [-0.2, 0) is 4.79 Å². The maximum Gasteiger partial charge on any atom is 0.316 e. The average molecular weight is 242 g/mol. The summed E-state index contributed by atoms with van der Waals surface area (Å²) in [6.45, 7) is 1.46. The summed E-state index contributed by atoms with van der Waals surface area (Å²) in [4.78, 5) is 26.0. The number of nitrogens with zero attached hydrogens (tertiary/aromatic N) is 2. The SMILES string of the molecule is CN(C)C(=O)NCCNCC(=O)N(C)C1CC1. The van der Waals surface area contributed by atoms with Gasteiger partial charge in [0.05, 0.1) is 6.54 Å². The minimum Gasteiger partial charge on any atom is -0.342 e. The lowest BCUT2D eigenvalue weighted by atomic mass is 10.4. The van der Waals surface area contributed by atoms with Crippen molar-refractivity contribution in [3.05, 3.63) is 0 Å². The molecule has 2 N–H and O–H groups in total. The van der Waals surface area contributed by atoms with Crippen LogP contribution < -0.4 is 10.6 Å². The number of urea groups is 1. The topological polar surface area (TPSA) is 64.7 Å². The number of carbonyl (C=O) groups excluding carboxylic acids is 2. The maximum atomic E-state index is 11.6. The van der Waals surface area contributed by atoms with Crippen LogP contribution in [0.5, 0.6) is 0 Å². The van der Waals surface area contributed by atoms with Gasteiger partial charge in [0, 0.05) is 40.3 Å². The maximum absolute atomic E-state index is 11.6. The summed E-state index contributed by atoms with van der Waals surface area (Å²) in [5.41, 5.74) is 0. The first-order valence-electron chi connectivity index (χ1n) is 5.94. The highest BCUT2D eigenvalue weighted by Gasteiger charge is 2.28. The predicted octanol–water partition coefficient (Wildman–Crippen LogP) is -0.532. The number of nitrogens with one attached hydrogen (secondary N) is 2. The molecular weight excluding hydrogens is 220 g/mol. The van der Waals surface area contributed by atoms with Gasteiger partial charge in [0.25, 0.3) is 0 Å². The molecule has 17 heavy (non-hydrogen) atoms. The van der Waals surface area contributed by atoms with Crippen molar-refractivity contribution in [2.75, 3.05) is 40.8 Å². The molecule has 0 aromatic heterocycles. The fraction of sp³-hybridized carbons (Fsp3) is 0.818. The molecule has 0 aromatic carbocycles. The van der Waals surface area contributed by atoms with Crippen LogP contribution in [-0.4, -0.2) is 68.6 Å². The normalized spacial score (nSPS) is 14.3. The Hall–Kier alpha value is -1.30. The molecule has 1 saturated carbocycles. The average Bonchev–Trinajstić information content (AvgIpc) is 3.10. The highest BCUT2D eigenvalue weighted by Crippen LogP contribution is 2.24. The molecule has 0 spiro atoms. The predicted molar refractivity (Wildman–Crippen MR) is 65.7 cm³/mol. The molecule has 1 aliphatic rings. The highest BCUT2D eigenvalue weighted by atomic mass is 16.2. The van der Waals surface area contributed by atoms with E-state index in [4.69, 9.17) is 0 Å². The summed E-state index contributed by atoms with van der Waals surface area (Å²) >= 11 is 0. The summed E-state index contributed by atoms with van der Waals surface area (Å²) in [6.07, 6.45) is 2.25. The van der Waals surface area contributed by atoms with E-state index < -0.39 is 0 Å². The third-order valence-electron chi connectivity index (χ3n) is 2.75. The zero-order valence-electron chi connectivity index (χ0n) is 10.8. The molecule has 0 heterocycles. The van der Waals surface area contributed by atoms with Crippen LogP contribution in [0.25, 0.3) is 0 Å². The van der Waals surface area contributed by atoms with Gasteiger partial charge in [0.2, 0.25) is 5.91 Å². The Balaban J connectivity index is 2.00. The van der Waals surface area contributed by atoms with E-state index in [1.807, 2.05) is 7.05 Å². The molecular formula is C11H22N4O2. The Kier molecular flexibility index (Phi) is 5.21. The summed E-state index contributed by atoms with van der Waals surface area (Å²) < 4.78 is 0. The van der Waals surface area contributed by atoms with E-state index in [9.17, 15) is 9.59 Å². The number of likely N-dealkylation sites (N-methyl/N-ethyl adjacent to an activating group) is 1. The van der Waals surface area contributed by atoms with Crippen LogP contribution >= 0.6 is 0 Å². The first kappa shape index (κ1) is 13.8. The molecule has 1 fully saturated rings. The number of amides is 3. The Labute approximate surface area is 102 Å². The first-order valence-corrected chi connectivity index (χ1v) is 5.94. The third-order valence-corrected chi connectivity index (χ3v) is 2.75. The van der Waals surface area contributed by atoms with Crippen molar-refractivity contribution in [2.45, 2.75) is 18.9 Å². The van der Waals surface area contributed by atoms with E-state index in [1.54, 1.807) is 19.0 Å². The Bertz CT molecular complexity index is 277. The van der Waals surface area contributed by atoms with Gasteiger partial charge in [-0.2, -0.15) is 0 Å². The molecule has 0 saturated heterocycles. The smallest absolute Gasteiger partial charge is 0.316 e. The molecule has 98 valence electrons. The minimum atomic E-state index is -0.117. The second-order valence-electron chi connectivity index (χ2n) is 4.54. The van der Waals surface area contributed by atoms with Crippen molar-refractivity contribution < 1.29 is 9.59 Å². The second-order valence-corrected chi connectivity index (χ2v) is 4.54. The van der Waals surface area contributed by atoms with Gasteiger partial charge in [-0.3, -0.25) is 4.79 Å². The molecule has 0 aromatic rings. The van der Waals surface area contributed by atoms with E-state index in [-0.39, 0.29) is 11.9 Å². The number of hydrogen-bond donors (Lipinski definition) is 2. The Morgan fingerprint density at radius 2 is 1.82 bits per heavy atom. The molecule has 3 amide bonds. The molecule has 6 heteroatoms. The van der Waals surface area contributed by atoms with Crippen molar-refractivity contribution in [3.63, 3.8) is 0 Å². The fourth-order valence-electron chi connectivity index (χ4n) is 1.40. The fourth-order valence-corrected chi connectivity index (χ4v) is 1.40. The first-order chi connectivity index (χ1) is 8.02. The summed E-state index contributed by atoms with van der Waals surface area (Å²) in [5.74, 6) is 0.117. The third kappa shape index (κ3) is 5.04. The van der Waals surface area contributed by atoms with Crippen LogP contribution in [0.4, 0.5) is 4.79 Å². The van der Waals surface area contributed by atoms with Gasteiger partial charge in [0.1, 0.15) is 0 Å². The quantitative estimate of drug-likeness (QED) is 0.615. The van der Waals surface area contributed by atoms with Gasteiger partial charge in [-0.25, -0.2) is 4.79 Å². The lowest BCUT2D eigenvalue weighted by molar-refractivity contribution is -0.129. The largest absolute Gasteiger partial charge is 0.342 e. The highest BCUT2D eigenvalue weighted by molar-refractivity contribution is 5.78. The zero-order chi connectivity index (χ0) is 12.8. The standard InChI is InChI=1S/C11H22N4O2/c1-14(2)11(17)13-7-6-12-8-10(16)15(3)9-4-5-9/h9,12H,4-8H2,1-3H3,(H,13,17). The van der Waals surface area contributed by atoms with Crippen molar-refractivity contribution >= 4 is 11.9 Å². The molecule has 0 atom stereocenters. The van der Waals surface area contributed by atoms with E-state index in [0.29, 0.717) is 25.7 Å². The molecule has 1 aliphatic carbocycles. The number of rotatable bonds is 6. The van der Waals surface area contributed by atoms with Crippen LogP contribution in [0, 0.1) is 0 Å². The van der Waals surface area contributed by atoms with Crippen LogP contribution in [0.3, 0.4) is 0 Å². The zero-order valence-corrected chi connectivity index (χ0v) is 10.8. The lowest BCUT2D eigenvalue weighted by Crippen LogP contribution is -2.41. The molecule has 6 nitrogen and oxygen atoms in total. The number of carbonyl (C=O) groups is 2. The van der Waals surface area contributed by atoms with Gasteiger partial charge in [-0.1, -0.05) is 0 Å². The minimum absolute atomic E-state index is 0.117. The summed E-state index contributed by atoms with van der Waals surface area (Å²) in [5, 5.41) is 5.74. The Morgan fingerprint density at radius 1 is 1.18 bits per heavy atom. The van der Waals surface area contributed by atoms with Crippen molar-refractivity contribution in [1.29, 1.82) is 0 Å². The molecule has 0 aliphatic heterocycles. The van der Waals surface area contributed by atoms with E-state index in [2.05, 4.69) is 10.6 Å². The summed E-state index contributed by atoms with van der Waals surface area (Å²) in [6, 6.07) is 0.339. The van der Waals surface area contributed by atoms with Gasteiger partial charge in [-0.15, -0.1) is 0 Å². The van der Waals surface area contributed by atoms with Gasteiger partial charge >= 0.3 is 6.03 Å². The van der Waals surface area contributed by atoms with E-state index in [1.165, 1.54) is 4.90 Å². The second kappa shape index (κ2) is 6.44. The van der Waals surface area contributed by atoms with Crippen LogP contribution in [0.2, 0.25) is 0 Å². The molecule has 0 radical (unpaired) electrons. The lowest BCUT2D eigenvalue weighted by Gasteiger charge is -2.16. The van der Waals surface area contributed by atoms with Gasteiger partial charge < -0.3 is 20.4 Å². The van der Waals surface area contributed by atoms with Crippen molar-refractivity contribution in [1.82, 2.24) is 20.4 Å². The van der Waals surface area contributed by atoms with Crippen LogP contribution in [0.15, 0.2) is 0 Å². The van der Waals surface area contributed by atoms with Crippen molar-refractivity contribution in [2.24, 2.45) is 0 Å². The van der Waals surface area contributed by atoms with Crippen LogP contribution in [0.1, 0.15) is 12.8 Å². The van der Waals surface area contributed by atoms with Gasteiger partial charge in [-0.05, 0) is 12.8 Å². The van der Waals surface area contributed by atoms with Crippen molar-refractivity contribution in [3.8, 4) is 0 Å². The van der Waals surface area contributed by atoms with E-state index in [0.717, 1.165) is 12.8 Å². The number of hydrogen-bond acceptors (Lipinski definition) is 3. The molecule has 0 bridgehead atoms. The monoisotopic (exact) mass is 242 g/mol. The molecule has 1 rings (SSSR count).